The van der Waals surface area contributed by atoms with Gasteiger partial charge in [0.15, 0.2) is 17.4 Å². The first-order chi connectivity index (χ1) is 15.7. The predicted molar refractivity (Wildman–Crippen MR) is 116 cm³/mol. The highest BCUT2D eigenvalue weighted by atomic mass is 19.1. The summed E-state index contributed by atoms with van der Waals surface area (Å²) in [5, 5.41) is 13.7. The number of aromatic nitrogens is 4. The van der Waals surface area contributed by atoms with E-state index in [9.17, 15) is 9.50 Å². The summed E-state index contributed by atoms with van der Waals surface area (Å²) in [5.41, 5.74) is 7.98. The number of rotatable bonds is 5. The van der Waals surface area contributed by atoms with Crippen molar-refractivity contribution < 1.29 is 19.0 Å². The van der Waals surface area contributed by atoms with E-state index in [4.69, 9.17) is 20.2 Å². The molecule has 0 saturated carbocycles. The summed E-state index contributed by atoms with van der Waals surface area (Å²) in [4.78, 5) is 9.03. The van der Waals surface area contributed by atoms with Crippen LogP contribution in [-0.4, -0.2) is 44.0 Å². The van der Waals surface area contributed by atoms with Gasteiger partial charge in [0, 0.05) is 11.5 Å². The molecule has 9 heteroatoms. The molecule has 3 heterocycles. The molecular weight excluding hydrogens is 413 g/mol. The Hall–Kier alpha value is -3.56. The van der Waals surface area contributed by atoms with E-state index < -0.39 is 5.82 Å². The third kappa shape index (κ3) is 3.65. The molecule has 2 atom stereocenters. The lowest BCUT2D eigenvalue weighted by Gasteiger charge is -2.26. The summed E-state index contributed by atoms with van der Waals surface area (Å²) < 4.78 is 27.6. The van der Waals surface area contributed by atoms with Crippen LogP contribution < -0.4 is 10.5 Å². The van der Waals surface area contributed by atoms with E-state index >= 15 is 0 Å². The van der Waals surface area contributed by atoms with Crippen LogP contribution in [0.4, 0.5) is 10.2 Å². The molecule has 2 unspecified atom stereocenters. The number of imidazole rings is 1. The van der Waals surface area contributed by atoms with Crippen molar-refractivity contribution in [3.8, 4) is 22.8 Å². The fraction of sp³-hybridized carbons (Fsp3) is 0.261. The molecule has 0 bridgehead atoms. The second kappa shape index (κ2) is 8.52. The maximum Gasteiger partial charge on any atom is 0.165 e. The molecule has 3 N–H and O–H groups in total. The first kappa shape index (κ1) is 20.3. The summed E-state index contributed by atoms with van der Waals surface area (Å²) in [7, 11) is 0. The van der Waals surface area contributed by atoms with E-state index in [1.54, 1.807) is 28.8 Å². The highest BCUT2D eigenvalue weighted by Gasteiger charge is 2.29. The monoisotopic (exact) mass is 435 g/mol. The normalized spacial score (nSPS) is 18.7. The van der Waals surface area contributed by atoms with Crippen LogP contribution >= 0.6 is 0 Å². The van der Waals surface area contributed by atoms with Gasteiger partial charge in [-0.15, -0.1) is 0 Å². The van der Waals surface area contributed by atoms with E-state index in [1.807, 2.05) is 18.2 Å². The van der Waals surface area contributed by atoms with E-state index in [2.05, 4.69) is 10.1 Å². The van der Waals surface area contributed by atoms with Gasteiger partial charge in [-0.3, -0.25) is 0 Å². The van der Waals surface area contributed by atoms with Gasteiger partial charge in [-0.2, -0.15) is 5.10 Å². The number of anilines is 1. The number of hydrogen-bond acceptors (Lipinski definition) is 7. The van der Waals surface area contributed by atoms with Gasteiger partial charge < -0.3 is 20.3 Å². The molecule has 0 aliphatic carbocycles. The number of nitrogens with zero attached hydrogens (tertiary/aromatic N) is 4. The highest BCUT2D eigenvalue weighted by molar-refractivity contribution is 5.87. The van der Waals surface area contributed by atoms with Crippen molar-refractivity contribution in [2.45, 2.75) is 24.9 Å². The average molecular weight is 435 g/mol. The average Bonchev–Trinajstić information content (AvgIpc) is 3.22. The largest absolute Gasteiger partial charge is 0.454 e. The number of fused-ring (bicyclic) bond motifs is 1. The molecule has 2 aromatic carbocycles. The van der Waals surface area contributed by atoms with Gasteiger partial charge in [0.25, 0.3) is 0 Å². The smallest absolute Gasteiger partial charge is 0.165 e. The van der Waals surface area contributed by atoms with Crippen LogP contribution in [-0.2, 0) is 4.74 Å². The van der Waals surface area contributed by atoms with Crippen LogP contribution in [0, 0.1) is 5.82 Å². The molecular formula is C23H22FN5O3. The lowest BCUT2D eigenvalue weighted by atomic mass is 9.98. The number of nitrogen functional groups attached to an aromatic ring is 1. The Kier molecular flexibility index (Phi) is 5.42. The summed E-state index contributed by atoms with van der Waals surface area (Å²) in [6.07, 6.45) is 2.74. The summed E-state index contributed by atoms with van der Waals surface area (Å²) in [5.74, 6) is 1.04. The number of benzene rings is 2. The lowest BCUT2D eigenvalue weighted by Crippen LogP contribution is -2.28. The van der Waals surface area contributed by atoms with Gasteiger partial charge in [0.1, 0.15) is 29.1 Å². The third-order valence-corrected chi connectivity index (χ3v) is 5.62. The second-order valence-corrected chi connectivity index (χ2v) is 7.67. The number of aliphatic hydroxyl groups excluding tert-OH is 1. The quantitative estimate of drug-likeness (QED) is 0.493. The Morgan fingerprint density at radius 3 is 2.66 bits per heavy atom. The minimum Gasteiger partial charge on any atom is -0.454 e. The Morgan fingerprint density at radius 2 is 1.91 bits per heavy atom. The molecule has 32 heavy (non-hydrogen) atoms. The Balaban J connectivity index is 1.61. The first-order valence-corrected chi connectivity index (χ1v) is 10.4. The molecule has 1 fully saturated rings. The number of nitrogens with two attached hydrogens (primary N) is 1. The maximum absolute atomic E-state index is 14.2. The molecule has 2 aromatic heterocycles. The highest BCUT2D eigenvalue weighted by Crippen LogP contribution is 2.39. The minimum absolute atomic E-state index is 0.00379. The van der Waals surface area contributed by atoms with Crippen LogP contribution in [0.25, 0.3) is 16.8 Å². The zero-order valence-corrected chi connectivity index (χ0v) is 17.2. The van der Waals surface area contributed by atoms with Crippen molar-refractivity contribution >= 4 is 11.3 Å². The topological polar surface area (TPSA) is 108 Å². The number of halogens is 1. The first-order valence-electron chi connectivity index (χ1n) is 10.4. The third-order valence-electron chi connectivity index (χ3n) is 5.62. The van der Waals surface area contributed by atoms with Crippen LogP contribution in [0.15, 0.2) is 54.9 Å². The van der Waals surface area contributed by atoms with E-state index in [-0.39, 0.29) is 30.2 Å². The maximum atomic E-state index is 14.2. The number of aliphatic hydroxyl groups is 1. The molecule has 1 aliphatic rings. The van der Waals surface area contributed by atoms with Gasteiger partial charge >= 0.3 is 0 Å². The molecule has 0 radical (unpaired) electrons. The molecule has 164 valence electrons. The van der Waals surface area contributed by atoms with E-state index in [0.717, 1.165) is 12.8 Å². The summed E-state index contributed by atoms with van der Waals surface area (Å²) in [6.45, 7) is 0.414. The molecule has 1 saturated heterocycles. The Bertz CT molecular complexity index is 1250. The molecule has 0 spiro atoms. The van der Waals surface area contributed by atoms with Crippen LogP contribution in [0.2, 0.25) is 0 Å². The Morgan fingerprint density at radius 1 is 1.12 bits per heavy atom. The van der Waals surface area contributed by atoms with Gasteiger partial charge in [-0.25, -0.2) is 18.9 Å². The van der Waals surface area contributed by atoms with Gasteiger partial charge in [0.2, 0.25) is 0 Å². The lowest BCUT2D eigenvalue weighted by molar-refractivity contribution is -0.0284. The minimum atomic E-state index is -0.460. The van der Waals surface area contributed by atoms with Crippen LogP contribution in [0.1, 0.15) is 24.6 Å². The van der Waals surface area contributed by atoms with Crippen molar-refractivity contribution in [3.63, 3.8) is 0 Å². The zero-order chi connectivity index (χ0) is 22.1. The van der Waals surface area contributed by atoms with Crippen LogP contribution in [0.3, 0.4) is 0 Å². The summed E-state index contributed by atoms with van der Waals surface area (Å²) in [6, 6.07) is 13.5. The number of ether oxygens (including phenoxy) is 2. The fourth-order valence-corrected chi connectivity index (χ4v) is 3.98. The molecule has 1 aliphatic heterocycles. The van der Waals surface area contributed by atoms with Crippen molar-refractivity contribution in [1.82, 2.24) is 19.6 Å². The second-order valence-electron chi connectivity index (χ2n) is 7.67. The van der Waals surface area contributed by atoms with Crippen molar-refractivity contribution in [1.29, 1.82) is 0 Å². The van der Waals surface area contributed by atoms with Gasteiger partial charge in [0.05, 0.1) is 19.3 Å². The van der Waals surface area contributed by atoms with Gasteiger partial charge in [-0.05, 0) is 37.1 Å². The molecule has 5 rings (SSSR count). The molecule has 4 aromatic rings. The van der Waals surface area contributed by atoms with E-state index in [0.29, 0.717) is 35.0 Å². The van der Waals surface area contributed by atoms with Crippen molar-refractivity contribution in [2.75, 3.05) is 18.9 Å². The Labute approximate surface area is 183 Å². The summed E-state index contributed by atoms with van der Waals surface area (Å²) >= 11 is 0. The number of para-hydroxylation sites is 2. The molecule has 0 amide bonds. The zero-order valence-electron chi connectivity index (χ0n) is 17.2. The van der Waals surface area contributed by atoms with E-state index in [1.165, 1.54) is 12.4 Å². The predicted octanol–water partition coefficient (Wildman–Crippen LogP) is 3.56. The van der Waals surface area contributed by atoms with Gasteiger partial charge in [-0.1, -0.05) is 24.3 Å². The van der Waals surface area contributed by atoms with Crippen molar-refractivity contribution in [3.05, 3.63) is 66.5 Å². The van der Waals surface area contributed by atoms with Crippen molar-refractivity contribution in [2.24, 2.45) is 0 Å². The standard InChI is InChI=1S/C23H22FN5O3/c24-17-6-2-4-8-19(17)32-18-7-3-1-5-16(18)20-21-22(25)26-13-27-29(21)23(28-20)14-9-10-15(11-30)31-12-14/h1-8,13-15,30H,9-12H2,(H2,25,26,27). The molecule has 8 nitrogen and oxygen atoms in total. The SMILES string of the molecule is Nc1ncnn2c(C3CCC(CO)OC3)nc(-c3ccccc3Oc3ccccc3F)c12. The van der Waals surface area contributed by atoms with Crippen LogP contribution in [0.5, 0.6) is 11.5 Å². The fourth-order valence-electron chi connectivity index (χ4n) is 3.98. The number of hydrogen-bond donors (Lipinski definition) is 2.